The molecule has 3 nitrogen and oxygen atoms in total. The van der Waals surface area contributed by atoms with Crippen LogP contribution in [-0.4, -0.2) is 22.5 Å². The van der Waals surface area contributed by atoms with Crippen LogP contribution in [0.2, 0.25) is 5.02 Å². The Morgan fingerprint density at radius 2 is 2.19 bits per heavy atom. The van der Waals surface area contributed by atoms with Gasteiger partial charge in [-0.15, -0.1) is 0 Å². The molecule has 2 aromatic rings. The van der Waals surface area contributed by atoms with Crippen LogP contribution in [0.5, 0.6) is 0 Å². The Morgan fingerprint density at radius 1 is 1.33 bits per heavy atom. The van der Waals surface area contributed by atoms with Gasteiger partial charge in [-0.1, -0.05) is 17.7 Å². The van der Waals surface area contributed by atoms with E-state index in [0.29, 0.717) is 22.2 Å². The van der Waals surface area contributed by atoms with Crippen molar-refractivity contribution in [1.82, 2.24) is 4.98 Å². The molecule has 0 saturated heterocycles. The monoisotopic (exact) mass is 326 g/mol. The summed E-state index contributed by atoms with van der Waals surface area (Å²) >= 11 is 7.63. The van der Waals surface area contributed by atoms with Gasteiger partial charge in [0.25, 0.3) is 0 Å². The van der Waals surface area contributed by atoms with Crippen molar-refractivity contribution in [2.75, 3.05) is 17.7 Å². The molecule has 0 saturated carbocycles. The number of nitrogens with zero attached hydrogens (tertiary/aromatic N) is 1. The summed E-state index contributed by atoms with van der Waals surface area (Å²) in [5.74, 6) is 1.86. The van der Waals surface area contributed by atoms with Crippen LogP contribution >= 0.6 is 23.4 Å². The van der Waals surface area contributed by atoms with Crippen LogP contribution in [-0.2, 0) is 12.3 Å². The number of hydrogen-bond donors (Lipinski definition) is 2. The van der Waals surface area contributed by atoms with Crippen LogP contribution < -0.4 is 5.32 Å². The summed E-state index contributed by atoms with van der Waals surface area (Å²) in [6.07, 6.45) is 1.71. The molecule has 2 N–H and O–H groups in total. The predicted octanol–water partition coefficient (Wildman–Crippen LogP) is 3.71. The first kappa shape index (κ1) is 16.1. The van der Waals surface area contributed by atoms with E-state index in [4.69, 9.17) is 16.7 Å². The molecule has 0 spiro atoms. The first-order valence-corrected chi connectivity index (χ1v) is 8.04. The minimum Gasteiger partial charge on any atom is -0.396 e. The molecule has 0 fully saturated rings. The van der Waals surface area contributed by atoms with Gasteiger partial charge in [0.1, 0.15) is 11.6 Å². The molecule has 0 amide bonds. The Balaban J connectivity index is 1.98. The fourth-order valence-corrected chi connectivity index (χ4v) is 2.71. The molecule has 0 aliphatic heterocycles. The normalized spacial score (nSPS) is 10.6. The molecule has 6 heteroatoms. The van der Waals surface area contributed by atoms with E-state index in [0.717, 1.165) is 11.3 Å². The van der Waals surface area contributed by atoms with Gasteiger partial charge in [-0.05, 0) is 29.8 Å². The van der Waals surface area contributed by atoms with Crippen molar-refractivity contribution in [2.45, 2.75) is 12.3 Å². The number of aromatic nitrogens is 1. The zero-order valence-electron chi connectivity index (χ0n) is 11.4. The van der Waals surface area contributed by atoms with Gasteiger partial charge in [-0.2, -0.15) is 11.8 Å². The fourth-order valence-electron chi connectivity index (χ4n) is 1.80. The van der Waals surface area contributed by atoms with E-state index in [2.05, 4.69) is 10.3 Å². The molecule has 2 rings (SSSR count). The van der Waals surface area contributed by atoms with Crippen LogP contribution in [0.25, 0.3) is 0 Å². The van der Waals surface area contributed by atoms with Gasteiger partial charge in [-0.3, -0.25) is 0 Å². The number of anilines is 1. The van der Waals surface area contributed by atoms with Crippen molar-refractivity contribution >= 4 is 29.2 Å². The molecule has 112 valence electrons. The molecule has 0 aliphatic carbocycles. The summed E-state index contributed by atoms with van der Waals surface area (Å²) in [7, 11) is 0. The average molecular weight is 327 g/mol. The highest BCUT2D eigenvalue weighted by Crippen LogP contribution is 2.20. The van der Waals surface area contributed by atoms with Crippen molar-refractivity contribution in [2.24, 2.45) is 0 Å². The van der Waals surface area contributed by atoms with Crippen LogP contribution in [0.15, 0.2) is 36.5 Å². The third-order valence-corrected chi connectivity index (χ3v) is 4.20. The Kier molecular flexibility index (Phi) is 6.29. The minimum atomic E-state index is -0.329. The van der Waals surface area contributed by atoms with Crippen molar-refractivity contribution in [1.29, 1.82) is 0 Å². The number of thioether (sulfide) groups is 1. The zero-order valence-corrected chi connectivity index (χ0v) is 12.9. The lowest BCUT2D eigenvalue weighted by Gasteiger charge is -2.09. The maximum atomic E-state index is 13.7. The molecular weight excluding hydrogens is 311 g/mol. The molecule has 1 aromatic heterocycles. The maximum absolute atomic E-state index is 13.7. The lowest BCUT2D eigenvalue weighted by Crippen LogP contribution is -2.04. The quantitative estimate of drug-likeness (QED) is 0.761. The Hall–Kier alpha value is -1.30. The van der Waals surface area contributed by atoms with Crippen molar-refractivity contribution in [3.63, 3.8) is 0 Å². The maximum Gasteiger partial charge on any atom is 0.129 e. The number of halogens is 2. The zero-order chi connectivity index (χ0) is 15.1. The number of pyridine rings is 1. The lowest BCUT2D eigenvalue weighted by atomic mass is 10.2. The molecule has 0 atom stereocenters. The van der Waals surface area contributed by atoms with Gasteiger partial charge in [0, 0.05) is 34.8 Å². The van der Waals surface area contributed by atoms with Crippen molar-refractivity contribution in [3.8, 4) is 0 Å². The van der Waals surface area contributed by atoms with E-state index in [1.165, 1.54) is 6.07 Å². The predicted molar refractivity (Wildman–Crippen MR) is 86.2 cm³/mol. The number of aliphatic hydroxyl groups excluding tert-OH is 1. The molecule has 1 heterocycles. The smallest absolute Gasteiger partial charge is 0.129 e. The lowest BCUT2D eigenvalue weighted by molar-refractivity contribution is 0.322. The molecule has 0 bridgehead atoms. The van der Waals surface area contributed by atoms with E-state index >= 15 is 0 Å². The van der Waals surface area contributed by atoms with Gasteiger partial charge in [-0.25, -0.2) is 9.37 Å². The summed E-state index contributed by atoms with van der Waals surface area (Å²) in [6, 6.07) is 8.47. The molecule has 0 radical (unpaired) electrons. The topological polar surface area (TPSA) is 45.2 Å². The first-order chi connectivity index (χ1) is 10.2. The largest absolute Gasteiger partial charge is 0.396 e. The van der Waals surface area contributed by atoms with Gasteiger partial charge in [0.15, 0.2) is 0 Å². The number of aliphatic hydroxyl groups is 1. The third kappa shape index (κ3) is 4.88. The second-order valence-electron chi connectivity index (χ2n) is 4.38. The number of hydrogen-bond acceptors (Lipinski definition) is 4. The van der Waals surface area contributed by atoms with Crippen LogP contribution in [0.4, 0.5) is 10.2 Å². The highest BCUT2D eigenvalue weighted by Gasteiger charge is 2.07. The fraction of sp³-hybridized carbons (Fsp3) is 0.267. The standard InChI is InChI=1S/C15H16ClFN2OS/c16-13-2-1-3-14(17)12(13)9-19-15-8-11(4-5-18-15)10-21-7-6-20/h1-5,8,20H,6-7,9-10H2,(H,18,19). The van der Waals surface area contributed by atoms with Gasteiger partial charge < -0.3 is 10.4 Å². The van der Waals surface area contributed by atoms with Gasteiger partial charge >= 0.3 is 0 Å². The van der Waals surface area contributed by atoms with E-state index < -0.39 is 0 Å². The Bertz CT molecular complexity index is 577. The molecule has 0 unspecified atom stereocenters. The van der Waals surface area contributed by atoms with Gasteiger partial charge in [0.05, 0.1) is 6.61 Å². The SMILES string of the molecule is OCCSCc1ccnc(NCc2c(F)cccc2Cl)c1. The van der Waals surface area contributed by atoms with Crippen LogP contribution in [0.1, 0.15) is 11.1 Å². The summed E-state index contributed by atoms with van der Waals surface area (Å²) in [5, 5.41) is 12.2. The van der Waals surface area contributed by atoms with Crippen molar-refractivity contribution in [3.05, 3.63) is 58.5 Å². The Morgan fingerprint density at radius 3 is 2.95 bits per heavy atom. The molecule has 0 aliphatic rings. The molecule has 21 heavy (non-hydrogen) atoms. The number of rotatable bonds is 7. The minimum absolute atomic E-state index is 0.173. The van der Waals surface area contributed by atoms with Crippen molar-refractivity contribution < 1.29 is 9.50 Å². The molecule has 1 aromatic carbocycles. The van der Waals surface area contributed by atoms with Gasteiger partial charge in [0.2, 0.25) is 0 Å². The van der Waals surface area contributed by atoms with Crippen LogP contribution in [0.3, 0.4) is 0 Å². The summed E-state index contributed by atoms with van der Waals surface area (Å²) in [5.41, 5.74) is 1.53. The second-order valence-corrected chi connectivity index (χ2v) is 5.89. The van der Waals surface area contributed by atoms with Crippen LogP contribution in [0, 0.1) is 5.82 Å². The summed E-state index contributed by atoms with van der Waals surface area (Å²) < 4.78 is 13.7. The molecular formula is C15H16ClFN2OS. The highest BCUT2D eigenvalue weighted by molar-refractivity contribution is 7.98. The van der Waals surface area contributed by atoms with E-state index in [-0.39, 0.29) is 19.0 Å². The summed E-state index contributed by atoms with van der Waals surface area (Å²) in [4.78, 5) is 4.21. The highest BCUT2D eigenvalue weighted by atomic mass is 35.5. The van der Waals surface area contributed by atoms with E-state index in [1.807, 2.05) is 12.1 Å². The van der Waals surface area contributed by atoms with E-state index in [1.54, 1.807) is 30.1 Å². The summed E-state index contributed by atoms with van der Waals surface area (Å²) in [6.45, 7) is 0.457. The third-order valence-electron chi connectivity index (χ3n) is 2.84. The van der Waals surface area contributed by atoms with E-state index in [9.17, 15) is 4.39 Å². The first-order valence-electron chi connectivity index (χ1n) is 6.51. The average Bonchev–Trinajstić information content (AvgIpc) is 2.47. The second kappa shape index (κ2) is 8.22. The number of benzene rings is 1. The Labute approximate surface area is 132 Å². The number of nitrogens with one attached hydrogen (secondary N) is 1.